The maximum absolute atomic E-state index is 5.15. The van der Waals surface area contributed by atoms with Crippen LogP contribution in [0.25, 0.3) is 71.4 Å². The normalized spacial score (nSPS) is 15.3. The lowest BCUT2D eigenvalue weighted by atomic mass is 9.70. The van der Waals surface area contributed by atoms with Crippen LogP contribution in [0.5, 0.6) is 0 Å². The zero-order valence-corrected chi connectivity index (χ0v) is 34.3. The first-order valence-corrected chi connectivity index (χ1v) is 21.7. The second-order valence-corrected chi connectivity index (χ2v) is 16.8. The number of hydrogen-bond donors (Lipinski definition) is 0. The van der Waals surface area contributed by atoms with Crippen LogP contribution in [0.2, 0.25) is 0 Å². The Balaban J connectivity index is 0.888. The van der Waals surface area contributed by atoms with E-state index in [-0.39, 0.29) is 0 Å². The van der Waals surface area contributed by atoms with Crippen molar-refractivity contribution < 1.29 is 0 Å². The van der Waals surface area contributed by atoms with Crippen LogP contribution in [0.1, 0.15) is 45.1 Å². The van der Waals surface area contributed by atoms with Crippen molar-refractivity contribution in [3.8, 4) is 44.5 Å². The highest BCUT2D eigenvalue weighted by Crippen LogP contribution is 2.62. The molecule has 1 aliphatic heterocycles. The molecule has 0 fully saturated rings. The lowest BCUT2D eigenvalue weighted by Crippen LogP contribution is -2.26. The molecule has 0 bridgehead atoms. The van der Waals surface area contributed by atoms with Crippen molar-refractivity contribution in [3.05, 3.63) is 269 Å². The lowest BCUT2D eigenvalue weighted by Gasteiger charge is -2.32. The first-order chi connectivity index (χ1) is 31.2. The monoisotopic (exact) mass is 800 g/mol. The summed E-state index contributed by atoms with van der Waals surface area (Å²) in [5, 5.41) is 10.5. The predicted molar refractivity (Wildman–Crippen MR) is 261 cm³/mol. The maximum Gasteiger partial charge on any atom is 0.0822 e. The molecule has 1 unspecified atom stereocenters. The van der Waals surface area contributed by atoms with E-state index in [2.05, 4.69) is 200 Å². The molecule has 294 valence electrons. The van der Waals surface area contributed by atoms with Gasteiger partial charge in [0, 0.05) is 0 Å². The molecule has 10 aromatic rings. The van der Waals surface area contributed by atoms with Gasteiger partial charge in [-0.3, -0.25) is 4.99 Å². The second-order valence-electron chi connectivity index (χ2n) is 16.8. The highest BCUT2D eigenvalue weighted by molar-refractivity contribution is 6.19. The molecule has 0 aromatic heterocycles. The summed E-state index contributed by atoms with van der Waals surface area (Å²) in [4.78, 5) is 10.2. The van der Waals surface area contributed by atoms with Gasteiger partial charge in [-0.05, 0) is 123 Å². The molecule has 3 nitrogen and oxygen atoms in total. The Kier molecular flexibility index (Phi) is 7.88. The van der Waals surface area contributed by atoms with Gasteiger partial charge < -0.3 is 10.3 Å². The average molecular weight is 801 g/mol. The van der Waals surface area contributed by atoms with E-state index in [1.165, 1.54) is 71.6 Å². The molecular weight excluding hydrogens is 763 g/mol. The Morgan fingerprint density at radius 2 is 0.841 bits per heavy atom. The van der Waals surface area contributed by atoms with Gasteiger partial charge in [0.2, 0.25) is 0 Å². The van der Waals surface area contributed by atoms with Crippen LogP contribution in [-0.2, 0) is 5.41 Å². The average Bonchev–Trinajstić information content (AvgIpc) is 3.84. The third-order valence-corrected chi connectivity index (χ3v) is 13.4. The van der Waals surface area contributed by atoms with Crippen LogP contribution < -0.4 is 0 Å². The summed E-state index contributed by atoms with van der Waals surface area (Å²) in [5.41, 5.74) is 17.6. The molecule has 10 aromatic carbocycles. The Morgan fingerprint density at radius 1 is 0.349 bits per heavy atom. The van der Waals surface area contributed by atoms with Crippen molar-refractivity contribution in [2.24, 2.45) is 9.98 Å². The number of fused-ring (bicyclic) bond motifs is 7. The minimum atomic E-state index is -0.407. The molecule has 3 aliphatic rings. The lowest BCUT2D eigenvalue weighted by molar-refractivity contribution is 0.797. The smallest absolute Gasteiger partial charge is 0.0822 e. The van der Waals surface area contributed by atoms with Crippen molar-refractivity contribution in [1.82, 2.24) is 0 Å². The van der Waals surface area contributed by atoms with Gasteiger partial charge in [-0.15, -0.1) is 0 Å². The first kappa shape index (κ1) is 35.6. The summed E-state index contributed by atoms with van der Waals surface area (Å²) in [6.45, 7) is 0. The molecule has 1 heterocycles. The van der Waals surface area contributed by atoms with Gasteiger partial charge in [0.15, 0.2) is 0 Å². The highest BCUT2D eigenvalue weighted by Gasteiger charge is 2.50. The van der Waals surface area contributed by atoms with Crippen LogP contribution >= 0.6 is 0 Å². The van der Waals surface area contributed by atoms with Gasteiger partial charge in [0.05, 0.1) is 17.4 Å². The standard InChI is InChI=1S/C60H38N3/c1-3-13-38(14-4-1)39-27-31-43(32-28-39)58-61-57(42-15-5-2-6-16-42)62-59(63-58)48-22-10-21-46(36-48)44-19-9-20-45(35-44)47-33-34-50-49-23-7-8-24-51(49)60(54(50)37-47)52-25-11-17-40-29-30-41-18-12-26-53(60)56(41)55(40)52/h1-37,57H/q-1. The largest absolute Gasteiger partial charge is 0.438 e. The molecule has 0 saturated carbocycles. The molecule has 1 atom stereocenters. The van der Waals surface area contributed by atoms with Gasteiger partial charge >= 0.3 is 0 Å². The summed E-state index contributed by atoms with van der Waals surface area (Å²) >= 11 is 0. The Hall–Kier alpha value is -8.14. The summed E-state index contributed by atoms with van der Waals surface area (Å²) in [6, 6.07) is 81.3. The zero-order chi connectivity index (χ0) is 41.5. The van der Waals surface area contributed by atoms with Crippen molar-refractivity contribution >= 4 is 33.2 Å². The van der Waals surface area contributed by atoms with Crippen molar-refractivity contribution in [2.75, 3.05) is 0 Å². The summed E-state index contributed by atoms with van der Waals surface area (Å²) in [6.07, 6.45) is -0.407. The number of rotatable bonds is 6. The first-order valence-electron chi connectivity index (χ1n) is 21.7. The van der Waals surface area contributed by atoms with Crippen LogP contribution in [0.3, 0.4) is 0 Å². The molecule has 63 heavy (non-hydrogen) atoms. The van der Waals surface area contributed by atoms with E-state index >= 15 is 0 Å². The molecule has 0 saturated heterocycles. The van der Waals surface area contributed by atoms with Crippen LogP contribution in [0, 0.1) is 0 Å². The molecule has 0 radical (unpaired) electrons. The summed E-state index contributed by atoms with van der Waals surface area (Å²) in [7, 11) is 0. The van der Waals surface area contributed by atoms with E-state index in [0.29, 0.717) is 11.7 Å². The Bertz CT molecular complexity index is 3470. The van der Waals surface area contributed by atoms with Crippen molar-refractivity contribution in [3.63, 3.8) is 0 Å². The fraction of sp³-hybridized carbons (Fsp3) is 0.0333. The molecule has 0 N–H and O–H groups in total. The molecule has 2 aliphatic carbocycles. The van der Waals surface area contributed by atoms with E-state index in [1.54, 1.807) is 0 Å². The number of benzene rings is 10. The van der Waals surface area contributed by atoms with Gasteiger partial charge in [0.1, 0.15) is 0 Å². The van der Waals surface area contributed by atoms with E-state index in [9.17, 15) is 0 Å². The molecular formula is C60H38N3-. The third kappa shape index (κ3) is 5.46. The summed E-state index contributed by atoms with van der Waals surface area (Å²) in [5.74, 6) is 1.35. The minimum absolute atomic E-state index is 0.398. The zero-order valence-electron chi connectivity index (χ0n) is 34.3. The third-order valence-electron chi connectivity index (χ3n) is 13.4. The molecule has 1 spiro atoms. The molecule has 3 heteroatoms. The number of amidine groups is 2. The molecule has 13 rings (SSSR count). The molecule has 0 amide bonds. The highest BCUT2D eigenvalue weighted by atomic mass is 15.2. The van der Waals surface area contributed by atoms with Gasteiger partial charge in [0.25, 0.3) is 0 Å². The minimum Gasteiger partial charge on any atom is -0.438 e. The van der Waals surface area contributed by atoms with E-state index in [1.807, 2.05) is 24.3 Å². The maximum atomic E-state index is 5.15. The fourth-order valence-electron chi connectivity index (χ4n) is 10.6. The Labute approximate surface area is 366 Å². The Morgan fingerprint density at radius 3 is 1.54 bits per heavy atom. The number of nitrogens with zero attached hydrogens (tertiary/aromatic N) is 3. The van der Waals surface area contributed by atoms with Gasteiger partial charge in [-0.2, -0.15) is 0 Å². The van der Waals surface area contributed by atoms with Crippen LogP contribution in [-0.4, -0.2) is 11.7 Å². The SMILES string of the molecule is c1ccc(-c2ccc(C3=NC(c4ccccc4)[N-]C(c4cccc(-c5cccc(-c6ccc7c(c6)C6(c8ccccc8-7)c7cccc8ccc9cccc6c9c78)c5)c4)=N3)cc2)cc1. The van der Waals surface area contributed by atoms with Gasteiger partial charge in [-0.1, -0.05) is 212 Å². The van der Waals surface area contributed by atoms with Crippen LogP contribution in [0.15, 0.2) is 234 Å². The van der Waals surface area contributed by atoms with Crippen molar-refractivity contribution in [2.45, 2.75) is 11.6 Å². The topological polar surface area (TPSA) is 38.8 Å². The van der Waals surface area contributed by atoms with Gasteiger partial charge in [-0.25, -0.2) is 0 Å². The summed E-state index contributed by atoms with van der Waals surface area (Å²) < 4.78 is 0. The quantitative estimate of drug-likeness (QED) is 0.150. The van der Waals surface area contributed by atoms with Crippen molar-refractivity contribution in [1.29, 1.82) is 0 Å². The fourth-order valence-corrected chi connectivity index (χ4v) is 10.6. The van der Waals surface area contributed by atoms with E-state index < -0.39 is 11.6 Å². The number of hydrogen-bond acceptors (Lipinski definition) is 2. The predicted octanol–water partition coefficient (Wildman–Crippen LogP) is 14.9. The van der Waals surface area contributed by atoms with E-state index in [4.69, 9.17) is 15.3 Å². The number of aliphatic imine (C=N–C) groups is 2. The van der Waals surface area contributed by atoms with Crippen LogP contribution in [0.4, 0.5) is 0 Å². The second kappa shape index (κ2) is 14.0. The van der Waals surface area contributed by atoms with E-state index in [0.717, 1.165) is 33.4 Å².